The summed E-state index contributed by atoms with van der Waals surface area (Å²) in [6, 6.07) is 6.00. The second-order valence-electron chi connectivity index (χ2n) is 4.51. The zero-order valence-corrected chi connectivity index (χ0v) is 9.13. The number of hydrogen-bond acceptors (Lipinski definition) is 3. The van der Waals surface area contributed by atoms with E-state index in [-0.39, 0.29) is 6.10 Å². The average Bonchev–Trinajstić information content (AvgIpc) is 2.17. The van der Waals surface area contributed by atoms with E-state index in [1.807, 2.05) is 24.4 Å². The van der Waals surface area contributed by atoms with Gasteiger partial charge in [-0.15, -0.1) is 0 Å². The Morgan fingerprint density at radius 1 is 1.47 bits per heavy atom. The van der Waals surface area contributed by atoms with Crippen molar-refractivity contribution in [3.63, 3.8) is 0 Å². The van der Waals surface area contributed by atoms with Crippen molar-refractivity contribution >= 4 is 0 Å². The highest BCUT2D eigenvalue weighted by Crippen LogP contribution is 2.27. The number of nitrogens with zero attached hydrogens (tertiary/aromatic N) is 2. The molecule has 1 fully saturated rings. The maximum Gasteiger partial charge on any atom is 0.0546 e. The predicted octanol–water partition coefficient (Wildman–Crippen LogP) is 1.28. The summed E-state index contributed by atoms with van der Waals surface area (Å²) in [5.74, 6) is 0.675. The standard InChI is InChI=1S/C12H18N2O/c1-14(8-10-6-12(15)7-10)9-11-4-2-3-5-13-11/h2-5,10,12,15H,6-9H2,1H3. The van der Waals surface area contributed by atoms with Gasteiger partial charge in [0.1, 0.15) is 0 Å². The van der Waals surface area contributed by atoms with Gasteiger partial charge in [0.15, 0.2) is 0 Å². The van der Waals surface area contributed by atoms with Gasteiger partial charge in [-0.3, -0.25) is 4.98 Å². The number of aliphatic hydroxyl groups is 1. The van der Waals surface area contributed by atoms with Gasteiger partial charge in [-0.25, -0.2) is 0 Å². The van der Waals surface area contributed by atoms with Crippen molar-refractivity contribution in [1.82, 2.24) is 9.88 Å². The van der Waals surface area contributed by atoms with E-state index in [0.717, 1.165) is 31.6 Å². The lowest BCUT2D eigenvalue weighted by Gasteiger charge is -2.34. The zero-order valence-electron chi connectivity index (χ0n) is 9.13. The van der Waals surface area contributed by atoms with Crippen molar-refractivity contribution in [2.45, 2.75) is 25.5 Å². The van der Waals surface area contributed by atoms with Gasteiger partial charge in [0.05, 0.1) is 11.8 Å². The third-order valence-corrected chi connectivity index (χ3v) is 2.94. The maximum absolute atomic E-state index is 9.19. The maximum atomic E-state index is 9.19. The van der Waals surface area contributed by atoms with Crippen LogP contribution in [0.15, 0.2) is 24.4 Å². The molecule has 82 valence electrons. The lowest BCUT2D eigenvalue weighted by molar-refractivity contribution is 0.0272. The Morgan fingerprint density at radius 3 is 2.87 bits per heavy atom. The largest absolute Gasteiger partial charge is 0.393 e. The highest BCUT2D eigenvalue weighted by atomic mass is 16.3. The number of hydrogen-bond donors (Lipinski definition) is 1. The molecule has 0 aromatic carbocycles. The summed E-state index contributed by atoms with van der Waals surface area (Å²) in [5.41, 5.74) is 1.11. The van der Waals surface area contributed by atoms with Crippen LogP contribution < -0.4 is 0 Å². The topological polar surface area (TPSA) is 36.4 Å². The average molecular weight is 206 g/mol. The smallest absolute Gasteiger partial charge is 0.0546 e. The van der Waals surface area contributed by atoms with Crippen molar-refractivity contribution in [2.24, 2.45) is 5.92 Å². The molecule has 0 spiro atoms. The monoisotopic (exact) mass is 206 g/mol. The molecule has 0 amide bonds. The van der Waals surface area contributed by atoms with E-state index in [2.05, 4.69) is 16.9 Å². The lowest BCUT2D eigenvalue weighted by Crippen LogP contribution is -2.36. The van der Waals surface area contributed by atoms with Gasteiger partial charge in [-0.05, 0) is 37.9 Å². The summed E-state index contributed by atoms with van der Waals surface area (Å²) in [7, 11) is 2.11. The molecule has 1 aromatic heterocycles. The molecule has 0 aliphatic heterocycles. The molecular weight excluding hydrogens is 188 g/mol. The Hall–Kier alpha value is -0.930. The van der Waals surface area contributed by atoms with Crippen LogP contribution in [0.25, 0.3) is 0 Å². The number of pyridine rings is 1. The molecule has 1 N–H and O–H groups in total. The molecule has 3 nitrogen and oxygen atoms in total. The van der Waals surface area contributed by atoms with Crippen molar-refractivity contribution in [1.29, 1.82) is 0 Å². The zero-order chi connectivity index (χ0) is 10.7. The normalized spacial score (nSPS) is 25.3. The van der Waals surface area contributed by atoms with Gasteiger partial charge in [-0.1, -0.05) is 6.07 Å². The summed E-state index contributed by atoms with van der Waals surface area (Å²) in [6.07, 6.45) is 3.72. The van der Waals surface area contributed by atoms with E-state index >= 15 is 0 Å². The van der Waals surface area contributed by atoms with Crippen LogP contribution in [0.3, 0.4) is 0 Å². The Labute approximate surface area is 90.8 Å². The van der Waals surface area contributed by atoms with E-state index in [9.17, 15) is 5.11 Å². The van der Waals surface area contributed by atoms with Crippen LogP contribution in [0.4, 0.5) is 0 Å². The first-order valence-electron chi connectivity index (χ1n) is 5.50. The molecule has 0 atom stereocenters. The molecule has 1 aromatic rings. The Bertz CT molecular complexity index is 296. The summed E-state index contributed by atoms with van der Waals surface area (Å²) in [4.78, 5) is 6.57. The Kier molecular flexibility index (Phi) is 3.34. The molecule has 0 saturated heterocycles. The highest BCUT2D eigenvalue weighted by molar-refractivity contribution is 5.03. The quantitative estimate of drug-likeness (QED) is 0.806. The minimum absolute atomic E-state index is 0.0433. The first-order valence-corrected chi connectivity index (χ1v) is 5.50. The first-order chi connectivity index (χ1) is 7.24. The molecule has 0 bridgehead atoms. The molecule has 2 rings (SSSR count). The van der Waals surface area contributed by atoms with E-state index in [1.54, 1.807) is 0 Å². The Balaban J connectivity index is 1.75. The fourth-order valence-corrected chi connectivity index (χ4v) is 2.12. The van der Waals surface area contributed by atoms with Crippen LogP contribution in [0, 0.1) is 5.92 Å². The number of rotatable bonds is 4. The second kappa shape index (κ2) is 4.73. The molecule has 3 heteroatoms. The van der Waals surface area contributed by atoms with E-state index in [0.29, 0.717) is 5.92 Å². The molecule has 0 unspecified atom stereocenters. The lowest BCUT2D eigenvalue weighted by atomic mass is 9.82. The van der Waals surface area contributed by atoms with E-state index in [4.69, 9.17) is 0 Å². The van der Waals surface area contributed by atoms with E-state index in [1.165, 1.54) is 0 Å². The van der Waals surface area contributed by atoms with Gasteiger partial charge in [0.25, 0.3) is 0 Å². The molecule has 1 aliphatic carbocycles. The summed E-state index contributed by atoms with van der Waals surface area (Å²) >= 11 is 0. The minimum atomic E-state index is -0.0433. The molecule has 1 aliphatic rings. The molecule has 0 radical (unpaired) electrons. The first kappa shape index (κ1) is 10.6. The molecular formula is C12H18N2O. The SMILES string of the molecule is CN(Cc1ccccn1)CC1CC(O)C1. The van der Waals surface area contributed by atoms with Crippen molar-refractivity contribution in [2.75, 3.05) is 13.6 Å². The van der Waals surface area contributed by atoms with Gasteiger partial charge in [0.2, 0.25) is 0 Å². The highest BCUT2D eigenvalue weighted by Gasteiger charge is 2.27. The van der Waals surface area contributed by atoms with Crippen molar-refractivity contribution in [3.8, 4) is 0 Å². The number of aromatic nitrogens is 1. The van der Waals surface area contributed by atoms with Crippen LogP contribution in [0.2, 0.25) is 0 Å². The van der Waals surface area contributed by atoms with Crippen molar-refractivity contribution in [3.05, 3.63) is 30.1 Å². The Morgan fingerprint density at radius 2 is 2.27 bits per heavy atom. The van der Waals surface area contributed by atoms with Gasteiger partial charge >= 0.3 is 0 Å². The predicted molar refractivity (Wildman–Crippen MR) is 59.3 cm³/mol. The van der Waals surface area contributed by atoms with Crippen LogP contribution in [-0.2, 0) is 6.54 Å². The van der Waals surface area contributed by atoms with Gasteiger partial charge in [-0.2, -0.15) is 0 Å². The fourth-order valence-electron chi connectivity index (χ4n) is 2.12. The summed E-state index contributed by atoms with van der Waals surface area (Å²) < 4.78 is 0. The third-order valence-electron chi connectivity index (χ3n) is 2.94. The molecule has 1 heterocycles. The molecule has 1 saturated carbocycles. The summed E-state index contributed by atoms with van der Waals surface area (Å²) in [6.45, 7) is 1.96. The van der Waals surface area contributed by atoms with Gasteiger partial charge in [0, 0.05) is 19.3 Å². The third kappa shape index (κ3) is 3.01. The minimum Gasteiger partial charge on any atom is -0.393 e. The second-order valence-corrected chi connectivity index (χ2v) is 4.51. The summed E-state index contributed by atoms with van der Waals surface area (Å²) in [5, 5.41) is 9.19. The fraction of sp³-hybridized carbons (Fsp3) is 0.583. The number of aliphatic hydroxyl groups excluding tert-OH is 1. The van der Waals surface area contributed by atoms with Crippen LogP contribution >= 0.6 is 0 Å². The van der Waals surface area contributed by atoms with Crippen molar-refractivity contribution < 1.29 is 5.11 Å². The molecule has 15 heavy (non-hydrogen) atoms. The van der Waals surface area contributed by atoms with E-state index < -0.39 is 0 Å². The van der Waals surface area contributed by atoms with Crippen LogP contribution in [0.1, 0.15) is 18.5 Å². The van der Waals surface area contributed by atoms with Crippen LogP contribution in [0.5, 0.6) is 0 Å². The van der Waals surface area contributed by atoms with Gasteiger partial charge < -0.3 is 10.0 Å². The van der Waals surface area contributed by atoms with Crippen LogP contribution in [-0.4, -0.2) is 34.7 Å².